The lowest BCUT2D eigenvalue weighted by Gasteiger charge is -2.31. The first-order valence-corrected chi connectivity index (χ1v) is 10.6. The van der Waals surface area contributed by atoms with Crippen LogP contribution in [0.2, 0.25) is 0 Å². The van der Waals surface area contributed by atoms with Gasteiger partial charge in [-0.3, -0.25) is 4.39 Å². The third-order valence-electron chi connectivity index (χ3n) is 4.34. The van der Waals surface area contributed by atoms with Crippen LogP contribution < -0.4 is 4.90 Å². The summed E-state index contributed by atoms with van der Waals surface area (Å²) >= 11 is 0. The van der Waals surface area contributed by atoms with Gasteiger partial charge in [0.2, 0.25) is 0 Å². The van der Waals surface area contributed by atoms with Gasteiger partial charge in [0.1, 0.15) is 0 Å². The van der Waals surface area contributed by atoms with Crippen molar-refractivity contribution in [2.24, 2.45) is 5.92 Å². The lowest BCUT2D eigenvalue weighted by Crippen LogP contribution is -2.29. The molecule has 1 aromatic carbocycles. The number of benzene rings is 1. The number of hydrogen-bond donors (Lipinski definition) is 1. The molecule has 0 saturated carbocycles. The number of nitrogens with zero attached hydrogens (tertiary/aromatic N) is 2. The molecule has 0 amide bonds. The van der Waals surface area contributed by atoms with Gasteiger partial charge in [0.25, 0.3) is 0 Å². The SMILES string of the molecule is CCC/C=C/N(C[C@H]1CCCP(O)C1)c1cc(C#N)ccc1C.CF. The molecule has 0 spiro atoms. The zero-order chi connectivity index (χ0) is 18.7. The first-order valence-electron chi connectivity index (χ1n) is 8.89. The summed E-state index contributed by atoms with van der Waals surface area (Å²) in [7, 11) is -0.267. The van der Waals surface area contributed by atoms with Gasteiger partial charge in [-0.15, -0.1) is 0 Å². The summed E-state index contributed by atoms with van der Waals surface area (Å²) in [5, 5.41) is 9.19. The molecule has 25 heavy (non-hydrogen) atoms. The van der Waals surface area contributed by atoms with E-state index in [1.54, 1.807) is 0 Å². The van der Waals surface area contributed by atoms with Crippen molar-refractivity contribution in [1.29, 1.82) is 5.26 Å². The van der Waals surface area contributed by atoms with E-state index >= 15 is 0 Å². The number of aryl methyl sites for hydroxylation is 1. The number of alkyl halides is 1. The Balaban J connectivity index is 0.00000151. The number of rotatable bonds is 6. The Morgan fingerprint density at radius 1 is 1.44 bits per heavy atom. The van der Waals surface area contributed by atoms with Gasteiger partial charge >= 0.3 is 0 Å². The van der Waals surface area contributed by atoms with E-state index < -0.39 is 8.15 Å². The van der Waals surface area contributed by atoms with E-state index in [0.717, 1.165) is 43.8 Å². The van der Waals surface area contributed by atoms with Crippen LogP contribution in [-0.4, -0.2) is 30.9 Å². The summed E-state index contributed by atoms with van der Waals surface area (Å²) in [4.78, 5) is 12.3. The van der Waals surface area contributed by atoms with E-state index in [-0.39, 0.29) is 0 Å². The van der Waals surface area contributed by atoms with E-state index in [9.17, 15) is 14.5 Å². The average molecular weight is 364 g/mol. The molecule has 0 aromatic heterocycles. The second kappa shape index (κ2) is 12.0. The monoisotopic (exact) mass is 364 g/mol. The smallest absolute Gasteiger partial charge is 0.0992 e. The van der Waals surface area contributed by atoms with Crippen molar-refractivity contribution in [1.82, 2.24) is 0 Å². The van der Waals surface area contributed by atoms with Crippen molar-refractivity contribution in [2.45, 2.75) is 39.5 Å². The average Bonchev–Trinajstić information content (AvgIpc) is 2.63. The molecule has 2 atom stereocenters. The maximum atomic E-state index is 10.00. The summed E-state index contributed by atoms with van der Waals surface area (Å²) < 4.78 is 9.50. The topological polar surface area (TPSA) is 47.3 Å². The standard InChI is InChI=1S/C19H27N2OP.CH3F/c1-3-4-5-10-21(14-18-7-6-11-23(22)15-18)19-12-17(13-20)9-8-16(19)2;1-2/h5,8-10,12,18,22H,3-4,6-7,11,14-15H2,1-2H3;1H3/b10-5+;/t18-,23?;/m1./s1. The number of allylic oxidation sites excluding steroid dienone is 1. The fourth-order valence-corrected chi connectivity index (χ4v) is 4.69. The highest BCUT2D eigenvalue weighted by Crippen LogP contribution is 2.40. The second-order valence-corrected chi connectivity index (χ2v) is 8.19. The zero-order valence-electron chi connectivity index (χ0n) is 15.6. The largest absolute Gasteiger partial charge is 0.374 e. The summed E-state index contributed by atoms with van der Waals surface area (Å²) in [6.45, 7) is 5.20. The van der Waals surface area contributed by atoms with E-state index in [4.69, 9.17) is 0 Å². The molecule has 138 valence electrons. The number of nitriles is 1. The van der Waals surface area contributed by atoms with Crippen LogP contribution in [0, 0.1) is 24.2 Å². The Hall–Kier alpha value is -1.43. The maximum Gasteiger partial charge on any atom is 0.0992 e. The Kier molecular flexibility index (Phi) is 10.4. The summed E-state index contributed by atoms with van der Waals surface area (Å²) in [5.74, 6) is 0.538. The molecular weight excluding hydrogens is 334 g/mol. The highest BCUT2D eigenvalue weighted by molar-refractivity contribution is 7.51. The van der Waals surface area contributed by atoms with Crippen molar-refractivity contribution in [2.75, 3.05) is 30.9 Å². The Labute approximate surface area is 153 Å². The third kappa shape index (κ3) is 7.14. The Morgan fingerprint density at radius 2 is 2.20 bits per heavy atom. The predicted octanol–water partition coefficient (Wildman–Crippen LogP) is 5.37. The molecule has 1 N–H and O–H groups in total. The van der Waals surface area contributed by atoms with Crippen molar-refractivity contribution in [3.8, 4) is 6.07 Å². The van der Waals surface area contributed by atoms with Crippen LogP contribution in [0.15, 0.2) is 30.5 Å². The quantitative estimate of drug-likeness (QED) is 0.690. The zero-order valence-corrected chi connectivity index (χ0v) is 16.5. The van der Waals surface area contributed by atoms with Gasteiger partial charge in [-0.1, -0.05) is 25.5 Å². The van der Waals surface area contributed by atoms with Gasteiger partial charge in [-0.2, -0.15) is 5.26 Å². The molecule has 1 aliphatic rings. The third-order valence-corrected chi connectivity index (χ3v) is 6.11. The molecule has 1 fully saturated rings. The molecule has 1 aromatic rings. The van der Waals surface area contributed by atoms with Gasteiger partial charge in [-0.05, 0) is 62.1 Å². The summed E-state index contributed by atoms with van der Waals surface area (Å²) in [6, 6.07) is 8.12. The van der Waals surface area contributed by atoms with E-state index in [1.165, 1.54) is 12.0 Å². The summed E-state index contributed by atoms with van der Waals surface area (Å²) in [6.07, 6.45) is 10.8. The van der Waals surface area contributed by atoms with Crippen molar-refractivity contribution < 1.29 is 9.28 Å². The first-order chi connectivity index (χ1) is 12.1. The molecule has 0 aliphatic carbocycles. The highest BCUT2D eigenvalue weighted by Gasteiger charge is 2.22. The van der Waals surface area contributed by atoms with Crippen molar-refractivity contribution in [3.05, 3.63) is 41.6 Å². The molecule has 1 saturated heterocycles. The number of unbranched alkanes of at least 4 members (excludes halogenated alkanes) is 1. The lowest BCUT2D eigenvalue weighted by atomic mass is 10.0. The number of halogens is 1. The lowest BCUT2D eigenvalue weighted by molar-refractivity contribution is 0.489. The van der Waals surface area contributed by atoms with Crippen LogP contribution in [0.4, 0.5) is 10.1 Å². The van der Waals surface area contributed by atoms with Crippen LogP contribution >= 0.6 is 8.15 Å². The fourth-order valence-electron chi connectivity index (χ4n) is 3.07. The van der Waals surface area contributed by atoms with E-state index in [1.807, 2.05) is 18.2 Å². The van der Waals surface area contributed by atoms with Gasteiger partial charge in [-0.25, -0.2) is 0 Å². The molecule has 0 radical (unpaired) electrons. The Bertz CT molecular complexity index is 586. The highest BCUT2D eigenvalue weighted by atomic mass is 31.1. The van der Waals surface area contributed by atoms with Gasteiger partial charge in [0, 0.05) is 26.6 Å². The van der Waals surface area contributed by atoms with Gasteiger partial charge in [0.15, 0.2) is 0 Å². The molecule has 1 aliphatic heterocycles. The van der Waals surface area contributed by atoms with Gasteiger partial charge in [0.05, 0.1) is 18.8 Å². The predicted molar refractivity (Wildman–Crippen MR) is 106 cm³/mol. The molecule has 5 heteroatoms. The van der Waals surface area contributed by atoms with Crippen molar-refractivity contribution in [3.63, 3.8) is 0 Å². The molecule has 2 rings (SSSR count). The first kappa shape index (κ1) is 21.6. The molecular formula is C20H30FN2OP. The minimum absolute atomic E-state index is 0.500. The van der Waals surface area contributed by atoms with E-state index in [0.29, 0.717) is 18.7 Å². The molecule has 1 unspecified atom stereocenters. The molecule has 3 nitrogen and oxygen atoms in total. The Morgan fingerprint density at radius 3 is 2.84 bits per heavy atom. The minimum atomic E-state index is -0.767. The van der Waals surface area contributed by atoms with Crippen LogP contribution in [-0.2, 0) is 0 Å². The summed E-state index contributed by atoms with van der Waals surface area (Å²) in [5.41, 5.74) is 3.00. The van der Waals surface area contributed by atoms with E-state index in [2.05, 4.69) is 37.1 Å². The van der Waals surface area contributed by atoms with Crippen LogP contribution in [0.3, 0.4) is 0 Å². The van der Waals surface area contributed by atoms with Crippen molar-refractivity contribution >= 4 is 13.8 Å². The minimum Gasteiger partial charge on any atom is -0.374 e. The fraction of sp³-hybridized carbons (Fsp3) is 0.550. The van der Waals surface area contributed by atoms with Crippen LogP contribution in [0.25, 0.3) is 0 Å². The molecule has 0 bridgehead atoms. The van der Waals surface area contributed by atoms with Crippen LogP contribution in [0.5, 0.6) is 0 Å². The number of anilines is 1. The van der Waals surface area contributed by atoms with Gasteiger partial charge < -0.3 is 9.79 Å². The molecule has 1 heterocycles. The number of hydrogen-bond acceptors (Lipinski definition) is 3. The second-order valence-electron chi connectivity index (χ2n) is 6.36. The van der Waals surface area contributed by atoms with Crippen LogP contribution in [0.1, 0.15) is 43.7 Å². The normalized spacial score (nSPS) is 19.8. The maximum absolute atomic E-state index is 10.00.